The average molecular weight is 633 g/mol. The second kappa shape index (κ2) is 11.2. The Hall–Kier alpha value is -4.47. The van der Waals surface area contributed by atoms with Gasteiger partial charge in [0.25, 0.3) is 5.56 Å². The Morgan fingerprint density at radius 2 is 1.93 bits per heavy atom. The van der Waals surface area contributed by atoms with Crippen molar-refractivity contribution in [3.63, 3.8) is 0 Å². The van der Waals surface area contributed by atoms with Crippen LogP contribution in [0.2, 0.25) is 5.02 Å². The second-order valence-corrected chi connectivity index (χ2v) is 10.4. The molecular formula is C31H20BrClFN3O4. The molecule has 10 heteroatoms. The molecule has 0 bridgehead atoms. The van der Waals surface area contributed by atoms with Gasteiger partial charge in [0, 0.05) is 10.4 Å². The number of methoxy groups -OCH3 is 1. The predicted molar refractivity (Wildman–Crippen MR) is 161 cm³/mol. The number of hydrogen-bond donors (Lipinski definition) is 0. The Labute approximate surface area is 246 Å². The fraction of sp³-hybridized carbons (Fsp3) is 0.0645. The molecule has 0 spiro atoms. The van der Waals surface area contributed by atoms with E-state index in [1.165, 1.54) is 30.1 Å². The van der Waals surface area contributed by atoms with E-state index in [1.54, 1.807) is 66.7 Å². The molecule has 2 heterocycles. The Morgan fingerprint density at radius 3 is 2.76 bits per heavy atom. The lowest BCUT2D eigenvalue weighted by Crippen LogP contribution is -2.20. The van der Waals surface area contributed by atoms with Crippen LogP contribution >= 0.6 is 27.5 Å². The van der Waals surface area contributed by atoms with Crippen molar-refractivity contribution in [3.8, 4) is 23.1 Å². The number of hydrogen-bond acceptors (Lipinski definition) is 6. The van der Waals surface area contributed by atoms with Gasteiger partial charge in [-0.15, -0.1) is 0 Å². The average Bonchev–Trinajstić information content (AvgIpc) is 3.39. The molecule has 204 valence electrons. The molecule has 0 saturated carbocycles. The van der Waals surface area contributed by atoms with Crippen molar-refractivity contribution in [3.05, 3.63) is 122 Å². The van der Waals surface area contributed by atoms with Gasteiger partial charge < -0.3 is 13.9 Å². The summed E-state index contributed by atoms with van der Waals surface area (Å²) in [6.07, 6.45) is 1.52. The van der Waals surface area contributed by atoms with E-state index in [0.717, 1.165) is 5.39 Å². The lowest BCUT2D eigenvalue weighted by atomic mass is 10.2. The van der Waals surface area contributed by atoms with E-state index in [-0.39, 0.29) is 23.8 Å². The van der Waals surface area contributed by atoms with Crippen LogP contribution in [0.4, 0.5) is 4.39 Å². The van der Waals surface area contributed by atoms with Crippen LogP contribution in [-0.4, -0.2) is 23.0 Å². The van der Waals surface area contributed by atoms with E-state index in [2.05, 4.69) is 21.0 Å². The fourth-order valence-corrected chi connectivity index (χ4v) is 5.13. The Bertz CT molecular complexity index is 2020. The monoisotopic (exact) mass is 631 g/mol. The van der Waals surface area contributed by atoms with Gasteiger partial charge in [0.05, 0.1) is 28.7 Å². The number of para-hydroxylation sites is 1. The first kappa shape index (κ1) is 26.7. The molecule has 0 N–H and O–H groups in total. The molecule has 0 aliphatic rings. The van der Waals surface area contributed by atoms with Gasteiger partial charge in [0.2, 0.25) is 5.82 Å². The van der Waals surface area contributed by atoms with Crippen LogP contribution in [0.25, 0.3) is 33.5 Å². The molecular weight excluding hydrogens is 613 g/mol. The molecule has 0 aliphatic heterocycles. The third-order valence-corrected chi connectivity index (χ3v) is 7.12. The van der Waals surface area contributed by atoms with Crippen LogP contribution in [0, 0.1) is 5.82 Å². The van der Waals surface area contributed by atoms with E-state index in [0.29, 0.717) is 54.4 Å². The summed E-state index contributed by atoms with van der Waals surface area (Å²) >= 11 is 9.69. The number of ether oxygens (including phenoxy) is 2. The molecule has 6 rings (SSSR count). The smallest absolute Gasteiger partial charge is 0.282 e. The standard InChI is InChI=1S/C31H20BrClFN3O4/c1-39-27-13-19(12-24(32)29(27)40-17-18-5-4-6-22(34)11-18)16-35-37-30(36-25-8-3-2-7-23(25)31(37)38)28-15-20-14-21(33)9-10-26(20)41-28/h2-16H,17H2,1H3. The summed E-state index contributed by atoms with van der Waals surface area (Å²) in [7, 11) is 1.52. The summed E-state index contributed by atoms with van der Waals surface area (Å²) in [4.78, 5) is 18.3. The van der Waals surface area contributed by atoms with Crippen molar-refractivity contribution < 1.29 is 18.3 Å². The third-order valence-electron chi connectivity index (χ3n) is 6.30. The summed E-state index contributed by atoms with van der Waals surface area (Å²) in [5, 5.41) is 6.26. The maximum Gasteiger partial charge on any atom is 0.282 e. The van der Waals surface area contributed by atoms with Gasteiger partial charge >= 0.3 is 0 Å². The zero-order valence-corrected chi connectivity index (χ0v) is 23.8. The molecule has 0 amide bonds. The highest BCUT2D eigenvalue weighted by molar-refractivity contribution is 9.10. The zero-order chi connectivity index (χ0) is 28.5. The maximum atomic E-state index is 13.6. The van der Waals surface area contributed by atoms with Crippen LogP contribution < -0.4 is 15.0 Å². The van der Waals surface area contributed by atoms with Crippen LogP contribution in [-0.2, 0) is 6.61 Å². The van der Waals surface area contributed by atoms with E-state index in [1.807, 2.05) is 6.07 Å². The van der Waals surface area contributed by atoms with Crippen LogP contribution in [0.1, 0.15) is 11.1 Å². The van der Waals surface area contributed by atoms with Gasteiger partial charge in [-0.05, 0) is 87.7 Å². The number of nitrogens with zero attached hydrogens (tertiary/aromatic N) is 3. The highest BCUT2D eigenvalue weighted by Gasteiger charge is 2.17. The van der Waals surface area contributed by atoms with Crippen LogP contribution in [0.5, 0.6) is 11.5 Å². The van der Waals surface area contributed by atoms with Crippen molar-refractivity contribution in [1.29, 1.82) is 0 Å². The largest absolute Gasteiger partial charge is 0.493 e. The zero-order valence-electron chi connectivity index (χ0n) is 21.5. The summed E-state index contributed by atoms with van der Waals surface area (Å²) in [6, 6.07) is 23.7. The number of benzene rings is 4. The van der Waals surface area contributed by atoms with E-state index in [9.17, 15) is 9.18 Å². The fourth-order valence-electron chi connectivity index (χ4n) is 4.38. The molecule has 0 aliphatic carbocycles. The van der Waals surface area contributed by atoms with Crippen molar-refractivity contribution >= 4 is 55.6 Å². The molecule has 4 aromatic carbocycles. The Balaban J connectivity index is 1.40. The number of halogens is 3. The Morgan fingerprint density at radius 1 is 1.07 bits per heavy atom. The molecule has 7 nitrogen and oxygen atoms in total. The minimum Gasteiger partial charge on any atom is -0.493 e. The van der Waals surface area contributed by atoms with Crippen molar-refractivity contribution in [2.45, 2.75) is 6.61 Å². The third kappa shape index (κ3) is 5.46. The number of fused-ring (bicyclic) bond motifs is 2. The number of rotatable bonds is 7. The lowest BCUT2D eigenvalue weighted by Gasteiger charge is -2.14. The first-order valence-electron chi connectivity index (χ1n) is 12.4. The van der Waals surface area contributed by atoms with Crippen molar-refractivity contribution in [1.82, 2.24) is 9.66 Å². The molecule has 0 unspecified atom stereocenters. The summed E-state index contributed by atoms with van der Waals surface area (Å²) in [6.45, 7) is 0.143. The van der Waals surface area contributed by atoms with Gasteiger partial charge in [-0.3, -0.25) is 4.79 Å². The summed E-state index contributed by atoms with van der Waals surface area (Å²) in [5.74, 6) is 1.13. The van der Waals surface area contributed by atoms with Gasteiger partial charge in [0.1, 0.15) is 18.0 Å². The van der Waals surface area contributed by atoms with Crippen LogP contribution in [0.3, 0.4) is 0 Å². The molecule has 0 fully saturated rings. The number of aromatic nitrogens is 2. The van der Waals surface area contributed by atoms with Gasteiger partial charge in [-0.2, -0.15) is 9.78 Å². The highest BCUT2D eigenvalue weighted by Crippen LogP contribution is 2.37. The van der Waals surface area contributed by atoms with Gasteiger partial charge in [-0.1, -0.05) is 35.9 Å². The molecule has 0 radical (unpaired) electrons. The van der Waals surface area contributed by atoms with Crippen molar-refractivity contribution in [2.24, 2.45) is 5.10 Å². The molecule has 2 aromatic heterocycles. The second-order valence-electron chi connectivity index (χ2n) is 9.06. The lowest BCUT2D eigenvalue weighted by molar-refractivity contribution is 0.282. The molecule has 41 heavy (non-hydrogen) atoms. The minimum absolute atomic E-state index is 0.143. The van der Waals surface area contributed by atoms with E-state index >= 15 is 0 Å². The first-order valence-corrected chi connectivity index (χ1v) is 13.6. The maximum absolute atomic E-state index is 13.6. The summed E-state index contributed by atoms with van der Waals surface area (Å²) < 4.78 is 32.9. The van der Waals surface area contributed by atoms with Gasteiger partial charge in [0.15, 0.2) is 17.3 Å². The topological polar surface area (TPSA) is 78.9 Å². The van der Waals surface area contributed by atoms with E-state index in [4.69, 9.17) is 30.5 Å². The van der Waals surface area contributed by atoms with Crippen LogP contribution in [0.15, 0.2) is 104 Å². The first-order chi connectivity index (χ1) is 19.9. The van der Waals surface area contributed by atoms with Crippen molar-refractivity contribution in [2.75, 3.05) is 7.11 Å². The Kier molecular flexibility index (Phi) is 7.30. The highest BCUT2D eigenvalue weighted by atomic mass is 79.9. The van der Waals surface area contributed by atoms with E-state index < -0.39 is 0 Å². The molecule has 0 saturated heterocycles. The van der Waals surface area contributed by atoms with Gasteiger partial charge in [-0.25, -0.2) is 9.37 Å². The molecule has 6 aromatic rings. The SMILES string of the molecule is COc1cc(C=Nn2c(-c3cc4cc(Cl)ccc4o3)nc3ccccc3c2=O)cc(Br)c1OCc1cccc(F)c1. The summed E-state index contributed by atoms with van der Waals surface area (Å²) in [5.41, 5.74) is 2.05. The predicted octanol–water partition coefficient (Wildman–Crippen LogP) is 7.83. The molecule has 0 atom stereocenters. The number of furan rings is 1. The normalized spacial score (nSPS) is 11.5. The quantitative estimate of drug-likeness (QED) is 0.168. The minimum atomic E-state index is -0.360.